The second-order valence-electron chi connectivity index (χ2n) is 9.49. The fraction of sp³-hybridized carbons (Fsp3) is 0.444. The predicted molar refractivity (Wildman–Crippen MR) is 139 cm³/mol. The lowest BCUT2D eigenvalue weighted by Gasteiger charge is -2.39. The number of hydrogen-bond acceptors (Lipinski definition) is 6. The van der Waals surface area contributed by atoms with Crippen LogP contribution in [0.5, 0.6) is 5.75 Å². The molecule has 0 aliphatic carbocycles. The van der Waals surface area contributed by atoms with Crippen LogP contribution in [0.25, 0.3) is 0 Å². The number of benzene rings is 2. The van der Waals surface area contributed by atoms with Crippen LogP contribution >= 0.6 is 0 Å². The number of amides is 3. The summed E-state index contributed by atoms with van der Waals surface area (Å²) in [7, 11) is 1.66. The Hall–Kier alpha value is -3.59. The number of nitrogens with one attached hydrogen (secondary N) is 2. The molecule has 0 radical (unpaired) electrons. The summed E-state index contributed by atoms with van der Waals surface area (Å²) in [6.07, 6.45) is -0.0752. The van der Waals surface area contributed by atoms with Crippen LogP contribution in [-0.4, -0.2) is 86.5 Å². The van der Waals surface area contributed by atoms with Crippen molar-refractivity contribution in [2.24, 2.45) is 0 Å². The maximum absolute atomic E-state index is 13.2. The first-order chi connectivity index (χ1) is 17.3. The number of hydrogen-bond donors (Lipinski definition) is 2. The maximum Gasteiger partial charge on any atom is 0.243 e. The standard InChI is InChI=1S/C27H35N5O4/c1-19-13-20(2)15-21(14-19)29-25(33)17-24-27(35)28-7-8-32(24)26(34)18-30-9-11-31(12-10-30)22-5-4-6-23(16-22)36-3/h4-6,13-16,24H,7-12,17-18H2,1-3H3,(H,28,35)(H,29,33)/t24-/m1/s1. The average molecular weight is 494 g/mol. The molecule has 1 atom stereocenters. The van der Waals surface area contributed by atoms with Crippen molar-refractivity contribution in [3.05, 3.63) is 53.6 Å². The molecule has 0 unspecified atom stereocenters. The smallest absolute Gasteiger partial charge is 0.243 e. The molecule has 4 rings (SSSR count). The summed E-state index contributed by atoms with van der Waals surface area (Å²) in [5.41, 5.74) is 3.89. The van der Waals surface area contributed by atoms with Crippen molar-refractivity contribution >= 4 is 29.1 Å². The first kappa shape index (κ1) is 25.5. The number of piperazine rings is 2. The minimum absolute atomic E-state index is 0.0752. The lowest BCUT2D eigenvalue weighted by atomic mass is 10.1. The van der Waals surface area contributed by atoms with Crippen LogP contribution in [0.1, 0.15) is 17.5 Å². The molecule has 2 heterocycles. The topological polar surface area (TPSA) is 94.2 Å². The SMILES string of the molecule is COc1cccc(N2CCN(CC(=O)N3CCNC(=O)[C@H]3CC(=O)Nc3cc(C)cc(C)c3)CC2)c1. The molecular formula is C27H35N5O4. The first-order valence-electron chi connectivity index (χ1n) is 12.4. The molecule has 0 bridgehead atoms. The summed E-state index contributed by atoms with van der Waals surface area (Å²) in [6, 6.07) is 13.0. The molecule has 2 aliphatic rings. The Morgan fingerprint density at radius 3 is 2.44 bits per heavy atom. The number of rotatable bonds is 7. The fourth-order valence-corrected chi connectivity index (χ4v) is 4.90. The molecule has 3 amide bonds. The molecule has 2 saturated heterocycles. The third kappa shape index (κ3) is 6.34. The van der Waals surface area contributed by atoms with Gasteiger partial charge in [-0.2, -0.15) is 0 Å². The zero-order valence-electron chi connectivity index (χ0n) is 21.3. The molecule has 2 aromatic rings. The Balaban J connectivity index is 1.33. The van der Waals surface area contributed by atoms with Crippen molar-refractivity contribution in [3.8, 4) is 5.75 Å². The lowest BCUT2D eigenvalue weighted by molar-refractivity contribution is -0.145. The largest absolute Gasteiger partial charge is 0.497 e. The van der Waals surface area contributed by atoms with E-state index in [0.29, 0.717) is 18.8 Å². The first-order valence-corrected chi connectivity index (χ1v) is 12.4. The van der Waals surface area contributed by atoms with Gasteiger partial charge in [0.15, 0.2) is 0 Å². The molecule has 192 valence electrons. The number of carbonyl (C=O) groups excluding carboxylic acids is 3. The van der Waals surface area contributed by atoms with E-state index in [2.05, 4.69) is 26.5 Å². The molecule has 0 saturated carbocycles. The highest BCUT2D eigenvalue weighted by Gasteiger charge is 2.35. The quantitative estimate of drug-likeness (QED) is 0.611. The van der Waals surface area contributed by atoms with Crippen molar-refractivity contribution < 1.29 is 19.1 Å². The lowest BCUT2D eigenvalue weighted by Crippen LogP contribution is -2.60. The van der Waals surface area contributed by atoms with Crippen molar-refractivity contribution in [1.29, 1.82) is 0 Å². The second kappa shape index (κ2) is 11.4. The molecule has 2 aromatic carbocycles. The van der Waals surface area contributed by atoms with Crippen LogP contribution in [0.3, 0.4) is 0 Å². The van der Waals surface area contributed by atoms with Gasteiger partial charge < -0.3 is 25.2 Å². The summed E-state index contributed by atoms with van der Waals surface area (Å²) >= 11 is 0. The van der Waals surface area contributed by atoms with Gasteiger partial charge in [-0.3, -0.25) is 19.3 Å². The summed E-state index contributed by atoms with van der Waals surface area (Å²) < 4.78 is 5.33. The number of ether oxygens (including phenoxy) is 1. The molecule has 9 heteroatoms. The molecule has 9 nitrogen and oxygen atoms in total. The average Bonchev–Trinajstić information content (AvgIpc) is 2.85. The molecule has 36 heavy (non-hydrogen) atoms. The Bertz CT molecular complexity index is 1090. The van der Waals surface area contributed by atoms with Gasteiger partial charge in [-0.25, -0.2) is 0 Å². The van der Waals surface area contributed by atoms with Gasteiger partial charge in [-0.05, 0) is 49.2 Å². The van der Waals surface area contributed by atoms with Gasteiger partial charge in [0.05, 0.1) is 20.1 Å². The van der Waals surface area contributed by atoms with Gasteiger partial charge in [-0.1, -0.05) is 12.1 Å². The molecule has 2 aliphatic heterocycles. The van der Waals surface area contributed by atoms with Crippen LogP contribution in [0.15, 0.2) is 42.5 Å². The van der Waals surface area contributed by atoms with Gasteiger partial charge in [0.1, 0.15) is 11.8 Å². The van der Waals surface area contributed by atoms with Crippen LogP contribution < -0.4 is 20.3 Å². The van der Waals surface area contributed by atoms with Crippen LogP contribution in [0.2, 0.25) is 0 Å². The van der Waals surface area contributed by atoms with E-state index >= 15 is 0 Å². The van der Waals surface area contributed by atoms with E-state index in [1.54, 1.807) is 12.0 Å². The maximum atomic E-state index is 13.2. The van der Waals surface area contributed by atoms with E-state index in [-0.39, 0.29) is 30.7 Å². The third-order valence-electron chi connectivity index (χ3n) is 6.68. The highest BCUT2D eigenvalue weighted by atomic mass is 16.5. The molecule has 2 N–H and O–H groups in total. The van der Waals surface area contributed by atoms with Crippen molar-refractivity contribution in [3.63, 3.8) is 0 Å². The third-order valence-corrected chi connectivity index (χ3v) is 6.68. The number of aryl methyl sites for hydroxylation is 2. The Morgan fingerprint density at radius 1 is 1.03 bits per heavy atom. The monoisotopic (exact) mass is 493 g/mol. The normalized spacial score (nSPS) is 18.5. The van der Waals surface area contributed by atoms with Crippen molar-refractivity contribution in [2.75, 3.05) is 63.1 Å². The summed E-state index contributed by atoms with van der Waals surface area (Å²) in [4.78, 5) is 44.6. The number of anilines is 2. The van der Waals surface area contributed by atoms with Gasteiger partial charge in [0, 0.05) is 56.7 Å². The molecule has 0 spiro atoms. The highest BCUT2D eigenvalue weighted by molar-refractivity contribution is 5.97. The van der Waals surface area contributed by atoms with Crippen molar-refractivity contribution in [1.82, 2.24) is 15.1 Å². The van der Waals surface area contributed by atoms with Crippen LogP contribution in [-0.2, 0) is 14.4 Å². The number of nitrogens with zero attached hydrogens (tertiary/aromatic N) is 3. The Kier molecular flexibility index (Phi) is 8.10. The van der Waals surface area contributed by atoms with E-state index in [4.69, 9.17) is 4.74 Å². The van der Waals surface area contributed by atoms with Crippen molar-refractivity contribution in [2.45, 2.75) is 26.3 Å². The van der Waals surface area contributed by atoms with E-state index < -0.39 is 6.04 Å². The molecule has 0 aromatic heterocycles. The highest BCUT2D eigenvalue weighted by Crippen LogP contribution is 2.22. The summed E-state index contributed by atoms with van der Waals surface area (Å²) in [5, 5.41) is 5.68. The zero-order chi connectivity index (χ0) is 25.7. The van der Waals surface area contributed by atoms with E-state index in [1.807, 2.05) is 50.2 Å². The van der Waals surface area contributed by atoms with E-state index in [0.717, 1.165) is 48.7 Å². The minimum atomic E-state index is -0.810. The second-order valence-corrected chi connectivity index (χ2v) is 9.49. The summed E-state index contributed by atoms with van der Waals surface area (Å²) in [5.74, 6) is 0.129. The number of carbonyl (C=O) groups is 3. The zero-order valence-corrected chi connectivity index (χ0v) is 21.3. The van der Waals surface area contributed by atoms with Crippen LogP contribution in [0.4, 0.5) is 11.4 Å². The van der Waals surface area contributed by atoms with E-state index in [1.165, 1.54) is 0 Å². The number of methoxy groups -OCH3 is 1. The van der Waals surface area contributed by atoms with Gasteiger partial charge in [0.25, 0.3) is 0 Å². The summed E-state index contributed by atoms with van der Waals surface area (Å²) in [6.45, 7) is 8.02. The van der Waals surface area contributed by atoms with Gasteiger partial charge in [0.2, 0.25) is 17.7 Å². The minimum Gasteiger partial charge on any atom is -0.497 e. The van der Waals surface area contributed by atoms with Gasteiger partial charge >= 0.3 is 0 Å². The fourth-order valence-electron chi connectivity index (χ4n) is 4.90. The molecular weight excluding hydrogens is 458 g/mol. The Morgan fingerprint density at radius 2 is 1.75 bits per heavy atom. The van der Waals surface area contributed by atoms with Crippen LogP contribution in [0, 0.1) is 13.8 Å². The Labute approximate surface area is 212 Å². The predicted octanol–water partition coefficient (Wildman–Crippen LogP) is 1.79. The van der Waals surface area contributed by atoms with E-state index in [9.17, 15) is 14.4 Å². The van der Waals surface area contributed by atoms with Gasteiger partial charge in [-0.15, -0.1) is 0 Å². The molecule has 2 fully saturated rings.